The maximum absolute atomic E-state index is 11.9. The van der Waals surface area contributed by atoms with Crippen molar-refractivity contribution in [3.8, 4) is 0 Å². The molecule has 124 valence electrons. The van der Waals surface area contributed by atoms with Crippen LogP contribution in [0.5, 0.6) is 0 Å². The van der Waals surface area contributed by atoms with Crippen molar-refractivity contribution in [1.82, 2.24) is 5.43 Å². The van der Waals surface area contributed by atoms with Crippen LogP contribution in [0.4, 0.5) is 0 Å². The molecule has 0 saturated heterocycles. The SMILES string of the molecule is NC(=O)C(NN=C(c1ccccc1)c1ccccc1)c1ccccc1. The fourth-order valence-corrected chi connectivity index (χ4v) is 2.56. The lowest BCUT2D eigenvalue weighted by Crippen LogP contribution is -2.31. The predicted molar refractivity (Wildman–Crippen MR) is 100 cm³/mol. The van der Waals surface area contributed by atoms with Crippen LogP contribution >= 0.6 is 0 Å². The van der Waals surface area contributed by atoms with E-state index in [4.69, 9.17) is 5.73 Å². The van der Waals surface area contributed by atoms with E-state index in [0.29, 0.717) is 0 Å². The minimum atomic E-state index is -0.691. The number of hydrogen-bond donors (Lipinski definition) is 2. The summed E-state index contributed by atoms with van der Waals surface area (Å²) in [5.74, 6) is -0.476. The van der Waals surface area contributed by atoms with E-state index in [2.05, 4.69) is 10.5 Å². The quantitative estimate of drug-likeness (QED) is 0.538. The minimum Gasteiger partial charge on any atom is -0.368 e. The highest BCUT2D eigenvalue weighted by atomic mass is 16.1. The third-order valence-corrected chi connectivity index (χ3v) is 3.82. The number of nitrogens with two attached hydrogens (primary N) is 1. The van der Waals surface area contributed by atoms with E-state index < -0.39 is 11.9 Å². The third kappa shape index (κ3) is 4.12. The summed E-state index contributed by atoms with van der Waals surface area (Å²) in [6.07, 6.45) is 0. The van der Waals surface area contributed by atoms with Crippen LogP contribution in [0.1, 0.15) is 22.7 Å². The van der Waals surface area contributed by atoms with Crippen molar-refractivity contribution in [3.63, 3.8) is 0 Å². The molecular formula is C21H19N3O. The van der Waals surface area contributed by atoms with Crippen LogP contribution < -0.4 is 11.2 Å². The van der Waals surface area contributed by atoms with E-state index in [1.54, 1.807) is 0 Å². The molecule has 4 heteroatoms. The van der Waals surface area contributed by atoms with Gasteiger partial charge in [0.15, 0.2) is 0 Å². The molecule has 0 aliphatic heterocycles. The number of benzene rings is 3. The summed E-state index contributed by atoms with van der Waals surface area (Å²) in [6.45, 7) is 0. The van der Waals surface area contributed by atoms with Gasteiger partial charge in [0.25, 0.3) is 0 Å². The molecule has 0 radical (unpaired) electrons. The fraction of sp³-hybridized carbons (Fsp3) is 0.0476. The van der Waals surface area contributed by atoms with Crippen LogP contribution in [0.15, 0.2) is 96.1 Å². The average Bonchev–Trinajstić information content (AvgIpc) is 2.67. The van der Waals surface area contributed by atoms with Gasteiger partial charge >= 0.3 is 0 Å². The van der Waals surface area contributed by atoms with Crippen molar-refractivity contribution in [2.75, 3.05) is 0 Å². The van der Waals surface area contributed by atoms with E-state index in [1.165, 1.54) is 0 Å². The Kier molecular flexibility index (Phi) is 5.22. The van der Waals surface area contributed by atoms with Crippen molar-refractivity contribution >= 4 is 11.6 Å². The van der Waals surface area contributed by atoms with Crippen LogP contribution in [0.25, 0.3) is 0 Å². The average molecular weight is 329 g/mol. The lowest BCUT2D eigenvalue weighted by Gasteiger charge is -2.15. The van der Waals surface area contributed by atoms with Crippen LogP contribution in [0, 0.1) is 0 Å². The Labute approximate surface area is 147 Å². The van der Waals surface area contributed by atoms with E-state index in [0.717, 1.165) is 22.4 Å². The van der Waals surface area contributed by atoms with Crippen molar-refractivity contribution in [2.45, 2.75) is 6.04 Å². The molecule has 3 N–H and O–H groups in total. The Morgan fingerprint density at radius 1 is 0.760 bits per heavy atom. The smallest absolute Gasteiger partial charge is 0.246 e. The third-order valence-electron chi connectivity index (χ3n) is 3.82. The van der Waals surface area contributed by atoms with E-state index in [9.17, 15) is 4.79 Å². The second kappa shape index (κ2) is 7.93. The standard InChI is InChI=1S/C21H19N3O/c22-21(25)20(18-14-8-3-9-15-18)24-23-19(16-10-4-1-5-11-16)17-12-6-2-7-13-17/h1-15,20,24H,(H2,22,25). The number of hydrogen-bond acceptors (Lipinski definition) is 3. The van der Waals surface area contributed by atoms with Gasteiger partial charge in [0.05, 0.1) is 5.71 Å². The molecular weight excluding hydrogens is 310 g/mol. The fourth-order valence-electron chi connectivity index (χ4n) is 2.56. The molecule has 0 fully saturated rings. The highest BCUT2D eigenvalue weighted by Crippen LogP contribution is 2.14. The van der Waals surface area contributed by atoms with E-state index in [1.807, 2.05) is 91.0 Å². The normalized spacial score (nSPS) is 11.4. The largest absolute Gasteiger partial charge is 0.368 e. The predicted octanol–water partition coefficient (Wildman–Crippen LogP) is 3.26. The topological polar surface area (TPSA) is 67.5 Å². The zero-order valence-corrected chi connectivity index (χ0v) is 13.7. The second-order valence-electron chi connectivity index (χ2n) is 5.57. The zero-order valence-electron chi connectivity index (χ0n) is 13.7. The summed E-state index contributed by atoms with van der Waals surface area (Å²) in [6, 6.07) is 28.3. The van der Waals surface area contributed by atoms with Gasteiger partial charge in [0.1, 0.15) is 6.04 Å². The summed E-state index contributed by atoms with van der Waals surface area (Å²) in [5.41, 5.74) is 11.9. The Morgan fingerprint density at radius 3 is 1.64 bits per heavy atom. The second-order valence-corrected chi connectivity index (χ2v) is 5.57. The van der Waals surface area contributed by atoms with Crippen LogP contribution in [0.2, 0.25) is 0 Å². The molecule has 25 heavy (non-hydrogen) atoms. The molecule has 1 unspecified atom stereocenters. The number of nitrogens with one attached hydrogen (secondary N) is 1. The van der Waals surface area contributed by atoms with Gasteiger partial charge in [-0.1, -0.05) is 91.0 Å². The molecule has 1 amide bonds. The molecule has 0 aromatic heterocycles. The van der Waals surface area contributed by atoms with Crippen LogP contribution in [-0.2, 0) is 4.79 Å². The lowest BCUT2D eigenvalue weighted by atomic mass is 10.0. The molecule has 0 aliphatic rings. The Hall–Kier alpha value is -3.40. The van der Waals surface area contributed by atoms with E-state index >= 15 is 0 Å². The van der Waals surface area contributed by atoms with Crippen molar-refractivity contribution in [2.24, 2.45) is 10.8 Å². The van der Waals surface area contributed by atoms with Gasteiger partial charge in [-0.15, -0.1) is 0 Å². The van der Waals surface area contributed by atoms with Gasteiger partial charge in [0.2, 0.25) is 5.91 Å². The molecule has 3 aromatic rings. The molecule has 1 atom stereocenters. The van der Waals surface area contributed by atoms with Gasteiger partial charge in [-0.3, -0.25) is 10.2 Å². The van der Waals surface area contributed by atoms with Gasteiger partial charge < -0.3 is 5.73 Å². The van der Waals surface area contributed by atoms with Gasteiger partial charge in [-0.05, 0) is 5.56 Å². The molecule has 0 heterocycles. The number of rotatable bonds is 6. The first-order chi connectivity index (χ1) is 12.3. The number of carbonyl (C=O) groups is 1. The molecule has 0 aliphatic carbocycles. The minimum absolute atomic E-state index is 0.476. The first-order valence-corrected chi connectivity index (χ1v) is 8.04. The Bertz CT molecular complexity index is 805. The van der Waals surface area contributed by atoms with Crippen LogP contribution in [0.3, 0.4) is 0 Å². The Balaban J connectivity index is 1.97. The zero-order chi connectivity index (χ0) is 17.5. The van der Waals surface area contributed by atoms with E-state index in [-0.39, 0.29) is 0 Å². The number of hydrazone groups is 1. The molecule has 0 saturated carbocycles. The van der Waals surface area contributed by atoms with Crippen molar-refractivity contribution in [1.29, 1.82) is 0 Å². The van der Waals surface area contributed by atoms with Gasteiger partial charge in [-0.2, -0.15) is 5.10 Å². The molecule has 3 aromatic carbocycles. The summed E-state index contributed by atoms with van der Waals surface area (Å²) in [7, 11) is 0. The van der Waals surface area contributed by atoms with Crippen LogP contribution in [-0.4, -0.2) is 11.6 Å². The maximum atomic E-state index is 11.9. The lowest BCUT2D eigenvalue weighted by molar-refractivity contribution is -0.120. The highest BCUT2D eigenvalue weighted by molar-refractivity contribution is 6.12. The summed E-state index contributed by atoms with van der Waals surface area (Å²) < 4.78 is 0. The van der Waals surface area contributed by atoms with Crippen molar-refractivity contribution in [3.05, 3.63) is 108 Å². The summed E-state index contributed by atoms with van der Waals surface area (Å²) in [5, 5.41) is 4.53. The highest BCUT2D eigenvalue weighted by Gasteiger charge is 2.17. The number of amides is 1. The molecule has 3 rings (SSSR count). The number of carbonyl (C=O) groups excluding carboxylic acids is 1. The number of nitrogens with zero attached hydrogens (tertiary/aromatic N) is 1. The first kappa shape index (κ1) is 16.5. The van der Waals surface area contributed by atoms with Crippen molar-refractivity contribution < 1.29 is 4.79 Å². The summed E-state index contributed by atoms with van der Waals surface area (Å²) in [4.78, 5) is 11.9. The maximum Gasteiger partial charge on any atom is 0.246 e. The first-order valence-electron chi connectivity index (χ1n) is 8.04. The molecule has 4 nitrogen and oxygen atoms in total. The van der Waals surface area contributed by atoms with Gasteiger partial charge in [0, 0.05) is 11.1 Å². The summed E-state index contributed by atoms with van der Waals surface area (Å²) >= 11 is 0. The number of primary amides is 1. The molecule has 0 bridgehead atoms. The monoisotopic (exact) mass is 329 g/mol. The van der Waals surface area contributed by atoms with Gasteiger partial charge in [-0.25, -0.2) is 0 Å². The Morgan fingerprint density at radius 2 is 1.20 bits per heavy atom. The molecule has 0 spiro atoms.